The molecular weight excluding hydrogens is 212 g/mol. The number of hydrogen-bond donors (Lipinski definition) is 2. The zero-order valence-electron chi connectivity index (χ0n) is 8.76. The van der Waals surface area contributed by atoms with Gasteiger partial charge in [-0.1, -0.05) is 5.16 Å². The standard InChI is InChI=1S/C9H16N4OS/c1-13-7-8(6-11-13)15-5-3-2-4-9(10)12-14/h6-7,14H,2-5H2,1H3,(H2,10,12). The Morgan fingerprint density at radius 3 is 3.07 bits per heavy atom. The van der Waals surface area contributed by atoms with Crippen LogP contribution >= 0.6 is 11.8 Å². The minimum absolute atomic E-state index is 0.307. The average Bonchev–Trinajstić information content (AvgIpc) is 2.63. The van der Waals surface area contributed by atoms with Crippen LogP contribution in [0.3, 0.4) is 0 Å². The van der Waals surface area contributed by atoms with Gasteiger partial charge in [0.2, 0.25) is 0 Å². The molecule has 3 N–H and O–H groups in total. The molecule has 0 saturated heterocycles. The molecule has 0 aliphatic carbocycles. The van der Waals surface area contributed by atoms with Crippen molar-refractivity contribution in [2.24, 2.45) is 17.9 Å². The topological polar surface area (TPSA) is 76.4 Å². The molecule has 0 atom stereocenters. The fraction of sp³-hybridized carbons (Fsp3) is 0.556. The van der Waals surface area contributed by atoms with Gasteiger partial charge in [0.25, 0.3) is 0 Å². The summed E-state index contributed by atoms with van der Waals surface area (Å²) >= 11 is 1.77. The molecule has 5 nitrogen and oxygen atoms in total. The Morgan fingerprint density at radius 2 is 2.47 bits per heavy atom. The SMILES string of the molecule is Cn1cc(SCCCCC(N)=NO)cn1. The maximum absolute atomic E-state index is 8.32. The second-order valence-electron chi connectivity index (χ2n) is 3.25. The number of nitrogens with zero attached hydrogens (tertiary/aromatic N) is 3. The van der Waals surface area contributed by atoms with Crippen LogP contribution < -0.4 is 5.73 Å². The minimum Gasteiger partial charge on any atom is -0.409 e. The van der Waals surface area contributed by atoms with E-state index in [1.54, 1.807) is 16.4 Å². The van der Waals surface area contributed by atoms with Gasteiger partial charge in [-0.2, -0.15) is 5.10 Å². The molecule has 15 heavy (non-hydrogen) atoms. The van der Waals surface area contributed by atoms with Gasteiger partial charge < -0.3 is 10.9 Å². The van der Waals surface area contributed by atoms with Gasteiger partial charge in [0.15, 0.2) is 0 Å². The number of thioether (sulfide) groups is 1. The molecule has 1 rings (SSSR count). The summed E-state index contributed by atoms with van der Waals surface area (Å²) in [5.74, 6) is 1.34. The Hall–Kier alpha value is -1.17. The highest BCUT2D eigenvalue weighted by Crippen LogP contribution is 2.18. The maximum Gasteiger partial charge on any atom is 0.139 e. The number of rotatable bonds is 6. The predicted molar refractivity (Wildman–Crippen MR) is 61.2 cm³/mol. The molecule has 0 aromatic carbocycles. The summed E-state index contributed by atoms with van der Waals surface area (Å²) in [5.41, 5.74) is 5.35. The third-order valence-electron chi connectivity index (χ3n) is 1.91. The minimum atomic E-state index is 0.307. The van der Waals surface area contributed by atoms with E-state index in [2.05, 4.69) is 10.3 Å². The quantitative estimate of drug-likeness (QED) is 0.193. The van der Waals surface area contributed by atoms with Crippen molar-refractivity contribution in [1.82, 2.24) is 9.78 Å². The molecule has 0 saturated carbocycles. The summed E-state index contributed by atoms with van der Waals surface area (Å²) in [4.78, 5) is 1.18. The summed E-state index contributed by atoms with van der Waals surface area (Å²) in [7, 11) is 1.91. The number of nitrogens with two attached hydrogens (primary N) is 1. The Labute approximate surface area is 93.3 Å². The van der Waals surface area contributed by atoms with Crippen molar-refractivity contribution >= 4 is 17.6 Å². The van der Waals surface area contributed by atoms with Crippen LogP contribution in [0.25, 0.3) is 0 Å². The molecular formula is C9H16N4OS. The predicted octanol–water partition coefficient (Wildman–Crippen LogP) is 1.43. The molecule has 0 unspecified atom stereocenters. The lowest BCUT2D eigenvalue weighted by molar-refractivity contribution is 0.316. The fourth-order valence-electron chi connectivity index (χ4n) is 1.12. The summed E-state index contributed by atoms with van der Waals surface area (Å²) in [6.45, 7) is 0. The summed E-state index contributed by atoms with van der Waals surface area (Å²) in [6.07, 6.45) is 6.51. The molecule has 6 heteroatoms. The van der Waals surface area contributed by atoms with Gasteiger partial charge in [-0.15, -0.1) is 11.8 Å². The molecule has 0 radical (unpaired) electrons. The largest absolute Gasteiger partial charge is 0.409 e. The monoisotopic (exact) mass is 228 g/mol. The van der Waals surface area contributed by atoms with Gasteiger partial charge in [-0.05, 0) is 18.6 Å². The lowest BCUT2D eigenvalue weighted by atomic mass is 10.2. The molecule has 0 spiro atoms. The molecule has 0 aliphatic heterocycles. The van der Waals surface area contributed by atoms with E-state index in [9.17, 15) is 0 Å². The van der Waals surface area contributed by atoms with Crippen molar-refractivity contribution in [2.45, 2.75) is 24.2 Å². The highest BCUT2D eigenvalue weighted by Gasteiger charge is 1.97. The second kappa shape index (κ2) is 6.34. The van der Waals surface area contributed by atoms with Gasteiger partial charge in [0.1, 0.15) is 5.84 Å². The van der Waals surface area contributed by atoms with Crippen molar-refractivity contribution in [1.29, 1.82) is 0 Å². The summed E-state index contributed by atoms with van der Waals surface area (Å²) in [6, 6.07) is 0. The molecule has 1 aromatic heterocycles. The van der Waals surface area contributed by atoms with E-state index in [0.29, 0.717) is 12.3 Å². The molecule has 0 amide bonds. The van der Waals surface area contributed by atoms with Crippen LogP contribution in [0.4, 0.5) is 0 Å². The fourth-order valence-corrected chi connectivity index (χ4v) is 2.05. The van der Waals surface area contributed by atoms with Crippen LogP contribution in [0.2, 0.25) is 0 Å². The highest BCUT2D eigenvalue weighted by molar-refractivity contribution is 7.99. The molecule has 0 aliphatic rings. The third kappa shape index (κ3) is 4.73. The number of aryl methyl sites for hydroxylation is 1. The van der Waals surface area contributed by atoms with Crippen LogP contribution in [0, 0.1) is 0 Å². The lowest BCUT2D eigenvalue weighted by Crippen LogP contribution is -2.10. The van der Waals surface area contributed by atoms with Gasteiger partial charge >= 0.3 is 0 Å². The lowest BCUT2D eigenvalue weighted by Gasteiger charge is -1.98. The van der Waals surface area contributed by atoms with E-state index in [1.807, 2.05) is 19.4 Å². The first-order chi connectivity index (χ1) is 7.22. The Balaban J connectivity index is 2.07. The van der Waals surface area contributed by atoms with Crippen LogP contribution in [0.15, 0.2) is 22.4 Å². The zero-order valence-corrected chi connectivity index (χ0v) is 9.57. The van der Waals surface area contributed by atoms with Crippen molar-refractivity contribution in [2.75, 3.05) is 5.75 Å². The van der Waals surface area contributed by atoms with Crippen molar-refractivity contribution in [3.8, 4) is 0 Å². The van der Waals surface area contributed by atoms with E-state index in [1.165, 1.54) is 4.90 Å². The van der Waals surface area contributed by atoms with Crippen LogP contribution in [-0.4, -0.2) is 26.6 Å². The summed E-state index contributed by atoms with van der Waals surface area (Å²) < 4.78 is 1.79. The van der Waals surface area contributed by atoms with Crippen LogP contribution in [-0.2, 0) is 7.05 Å². The number of amidine groups is 1. The third-order valence-corrected chi connectivity index (χ3v) is 2.94. The number of hydrogen-bond acceptors (Lipinski definition) is 4. The van der Waals surface area contributed by atoms with Gasteiger partial charge in [-0.25, -0.2) is 0 Å². The first-order valence-corrected chi connectivity index (χ1v) is 5.79. The first kappa shape index (κ1) is 11.9. The highest BCUT2D eigenvalue weighted by atomic mass is 32.2. The number of aromatic nitrogens is 2. The van der Waals surface area contributed by atoms with Gasteiger partial charge in [0.05, 0.1) is 6.20 Å². The van der Waals surface area contributed by atoms with Crippen LogP contribution in [0.1, 0.15) is 19.3 Å². The Kier molecular flexibility index (Phi) is 5.03. The van der Waals surface area contributed by atoms with E-state index < -0.39 is 0 Å². The van der Waals surface area contributed by atoms with E-state index in [4.69, 9.17) is 10.9 Å². The van der Waals surface area contributed by atoms with E-state index in [-0.39, 0.29) is 0 Å². The van der Waals surface area contributed by atoms with Crippen LogP contribution in [0.5, 0.6) is 0 Å². The number of unbranched alkanes of at least 4 members (excludes halogenated alkanes) is 1. The Bertz CT molecular complexity index is 324. The molecule has 0 fully saturated rings. The van der Waals surface area contributed by atoms with Gasteiger partial charge in [0, 0.05) is 24.6 Å². The van der Waals surface area contributed by atoms with Gasteiger partial charge in [-0.3, -0.25) is 4.68 Å². The molecule has 1 heterocycles. The molecule has 0 bridgehead atoms. The van der Waals surface area contributed by atoms with E-state index in [0.717, 1.165) is 18.6 Å². The van der Waals surface area contributed by atoms with Crippen molar-refractivity contribution in [3.63, 3.8) is 0 Å². The normalized spacial score (nSPS) is 11.9. The number of oxime groups is 1. The Morgan fingerprint density at radius 1 is 1.67 bits per heavy atom. The average molecular weight is 228 g/mol. The van der Waals surface area contributed by atoms with E-state index >= 15 is 0 Å². The molecule has 84 valence electrons. The summed E-state index contributed by atoms with van der Waals surface area (Å²) in [5, 5.41) is 15.3. The van der Waals surface area contributed by atoms with Crippen molar-refractivity contribution in [3.05, 3.63) is 12.4 Å². The van der Waals surface area contributed by atoms with Crippen molar-refractivity contribution < 1.29 is 5.21 Å². The second-order valence-corrected chi connectivity index (χ2v) is 4.41. The smallest absolute Gasteiger partial charge is 0.139 e. The zero-order chi connectivity index (χ0) is 11.1. The maximum atomic E-state index is 8.32. The first-order valence-electron chi connectivity index (χ1n) is 4.80. The molecule has 1 aromatic rings.